The molecule has 2 nitrogen and oxygen atoms in total. The molecular weight excluding hydrogens is 264 g/mol. The Morgan fingerprint density at radius 3 is 2.15 bits per heavy atom. The number of carbonyl (C=O) groups excluding carboxylic acids is 1. The molecule has 0 aromatic rings. The van der Waals surface area contributed by atoms with Crippen LogP contribution in [0.5, 0.6) is 0 Å². The lowest BCUT2D eigenvalue weighted by Crippen LogP contribution is -2.37. The van der Waals surface area contributed by atoms with Crippen LogP contribution < -0.4 is 0 Å². The third kappa shape index (κ3) is 4.21. The van der Waals surface area contributed by atoms with Gasteiger partial charge in [-0.1, -0.05) is 47.1 Å². The SMILES string of the molecule is C=C(C)C(=O)O[Si]CC1CCC(C(C)C)(C(C)C)CC1. The molecule has 114 valence electrons. The second-order valence-electron chi connectivity index (χ2n) is 7.00. The van der Waals surface area contributed by atoms with Gasteiger partial charge in [-0.15, -0.1) is 0 Å². The van der Waals surface area contributed by atoms with E-state index in [9.17, 15) is 4.79 Å². The summed E-state index contributed by atoms with van der Waals surface area (Å²) in [7, 11) is 0.297. The molecule has 0 N–H and O–H groups in total. The van der Waals surface area contributed by atoms with Crippen molar-refractivity contribution in [3.63, 3.8) is 0 Å². The highest BCUT2D eigenvalue weighted by Gasteiger charge is 2.40. The lowest BCUT2D eigenvalue weighted by Gasteiger charge is -2.46. The summed E-state index contributed by atoms with van der Waals surface area (Å²) in [5.41, 5.74) is 1.02. The number of rotatable bonds is 6. The highest BCUT2D eigenvalue weighted by Crippen LogP contribution is 2.50. The fourth-order valence-corrected chi connectivity index (χ4v) is 4.59. The van der Waals surface area contributed by atoms with E-state index in [1.165, 1.54) is 25.7 Å². The molecule has 0 unspecified atom stereocenters. The molecule has 0 heterocycles. The van der Waals surface area contributed by atoms with E-state index in [1.807, 2.05) is 0 Å². The van der Waals surface area contributed by atoms with Crippen LogP contribution >= 0.6 is 0 Å². The van der Waals surface area contributed by atoms with Gasteiger partial charge in [0.1, 0.15) is 0 Å². The van der Waals surface area contributed by atoms with Crippen molar-refractivity contribution in [2.24, 2.45) is 23.2 Å². The van der Waals surface area contributed by atoms with Crippen LogP contribution in [0.15, 0.2) is 12.2 Å². The largest absolute Gasteiger partial charge is 0.513 e. The van der Waals surface area contributed by atoms with Crippen molar-refractivity contribution < 1.29 is 9.22 Å². The first-order valence-electron chi connectivity index (χ1n) is 7.89. The van der Waals surface area contributed by atoms with Gasteiger partial charge in [0.2, 0.25) is 0 Å². The van der Waals surface area contributed by atoms with Gasteiger partial charge >= 0.3 is 15.7 Å². The molecule has 1 rings (SSSR count). The monoisotopic (exact) mass is 294 g/mol. The molecule has 1 aliphatic carbocycles. The summed E-state index contributed by atoms with van der Waals surface area (Å²) in [6.07, 6.45) is 5.22. The Kier molecular flexibility index (Phi) is 6.50. The number of hydrogen-bond donors (Lipinski definition) is 0. The minimum absolute atomic E-state index is 0.238. The highest BCUT2D eigenvalue weighted by molar-refractivity contribution is 6.31. The van der Waals surface area contributed by atoms with Gasteiger partial charge in [-0.05, 0) is 49.0 Å². The van der Waals surface area contributed by atoms with Crippen LogP contribution in [0.1, 0.15) is 60.3 Å². The molecule has 1 fully saturated rings. The van der Waals surface area contributed by atoms with Crippen molar-refractivity contribution in [2.75, 3.05) is 0 Å². The number of hydrogen-bond acceptors (Lipinski definition) is 2. The molecule has 0 aromatic carbocycles. The van der Waals surface area contributed by atoms with Crippen LogP contribution in [0, 0.1) is 23.2 Å². The second-order valence-corrected chi connectivity index (χ2v) is 7.91. The molecule has 0 saturated heterocycles. The van der Waals surface area contributed by atoms with E-state index in [-0.39, 0.29) is 5.97 Å². The van der Waals surface area contributed by atoms with Gasteiger partial charge in [0.25, 0.3) is 0 Å². The molecule has 3 heteroatoms. The van der Waals surface area contributed by atoms with Crippen molar-refractivity contribution >= 4 is 15.7 Å². The molecule has 0 spiro atoms. The van der Waals surface area contributed by atoms with Gasteiger partial charge in [0.05, 0.1) is 0 Å². The molecule has 2 radical (unpaired) electrons. The minimum atomic E-state index is -0.238. The maximum Gasteiger partial charge on any atom is 0.319 e. The van der Waals surface area contributed by atoms with E-state index in [0.717, 1.165) is 23.8 Å². The van der Waals surface area contributed by atoms with Crippen molar-refractivity contribution in [3.8, 4) is 0 Å². The average molecular weight is 295 g/mol. The van der Waals surface area contributed by atoms with Gasteiger partial charge < -0.3 is 4.43 Å². The summed E-state index contributed by atoms with van der Waals surface area (Å²) in [4.78, 5) is 11.4. The lowest BCUT2D eigenvalue weighted by molar-refractivity contribution is -0.130. The van der Waals surface area contributed by atoms with Crippen LogP contribution in [-0.4, -0.2) is 15.7 Å². The van der Waals surface area contributed by atoms with Crippen LogP contribution in [0.4, 0.5) is 0 Å². The van der Waals surface area contributed by atoms with Gasteiger partial charge in [-0.2, -0.15) is 0 Å². The Balaban J connectivity index is 2.38. The predicted molar refractivity (Wildman–Crippen MR) is 85.5 cm³/mol. The third-order valence-electron chi connectivity index (χ3n) is 5.22. The third-order valence-corrected chi connectivity index (χ3v) is 6.29. The maximum absolute atomic E-state index is 11.4. The van der Waals surface area contributed by atoms with Gasteiger partial charge in [-0.25, -0.2) is 4.79 Å². The molecule has 1 saturated carbocycles. The first-order chi connectivity index (χ1) is 9.29. The first kappa shape index (κ1) is 17.5. The molecular formula is C17H30O2Si. The predicted octanol–water partition coefficient (Wildman–Crippen LogP) is 4.63. The Labute approximate surface area is 127 Å². The molecule has 20 heavy (non-hydrogen) atoms. The molecule has 0 aromatic heterocycles. The highest BCUT2D eigenvalue weighted by atomic mass is 28.2. The van der Waals surface area contributed by atoms with E-state index in [4.69, 9.17) is 4.43 Å². The van der Waals surface area contributed by atoms with E-state index >= 15 is 0 Å². The van der Waals surface area contributed by atoms with E-state index < -0.39 is 0 Å². The molecule has 0 aliphatic heterocycles. The fraction of sp³-hybridized carbons (Fsp3) is 0.824. The molecule has 0 atom stereocenters. The topological polar surface area (TPSA) is 26.3 Å². The van der Waals surface area contributed by atoms with Gasteiger partial charge in [0.15, 0.2) is 0 Å². The smallest absolute Gasteiger partial charge is 0.319 e. The van der Waals surface area contributed by atoms with Gasteiger partial charge in [0, 0.05) is 5.57 Å². The quantitative estimate of drug-likeness (QED) is 0.527. The van der Waals surface area contributed by atoms with Gasteiger partial charge in [-0.3, -0.25) is 0 Å². The van der Waals surface area contributed by atoms with Crippen molar-refractivity contribution in [1.82, 2.24) is 0 Å². The Morgan fingerprint density at radius 1 is 1.25 bits per heavy atom. The summed E-state index contributed by atoms with van der Waals surface area (Å²) in [5, 5.41) is 0. The molecule has 0 amide bonds. The summed E-state index contributed by atoms with van der Waals surface area (Å²) >= 11 is 0. The standard InChI is InChI=1S/C17H30O2Si/c1-12(2)16(18)19-20-11-15-7-9-17(10-8-15,13(3)4)14(5)6/h13-15H,1,7-11H2,2-6H3. The second kappa shape index (κ2) is 7.44. The summed E-state index contributed by atoms with van der Waals surface area (Å²) in [5.74, 6) is 2.01. The lowest BCUT2D eigenvalue weighted by atomic mass is 9.59. The Bertz CT molecular complexity index is 329. The van der Waals surface area contributed by atoms with Crippen molar-refractivity contribution in [3.05, 3.63) is 12.2 Å². The molecule has 0 bridgehead atoms. The Hall–Kier alpha value is -0.573. The van der Waals surface area contributed by atoms with Crippen LogP contribution in [0.25, 0.3) is 0 Å². The maximum atomic E-state index is 11.4. The van der Waals surface area contributed by atoms with E-state index in [1.54, 1.807) is 6.92 Å². The summed E-state index contributed by atoms with van der Waals surface area (Å²) in [6.45, 7) is 14.8. The van der Waals surface area contributed by atoms with Crippen LogP contribution in [0.2, 0.25) is 6.04 Å². The van der Waals surface area contributed by atoms with Crippen LogP contribution in [0.3, 0.4) is 0 Å². The van der Waals surface area contributed by atoms with E-state index in [2.05, 4.69) is 34.3 Å². The fourth-order valence-electron chi connectivity index (χ4n) is 3.55. The molecule has 1 aliphatic rings. The zero-order chi connectivity index (χ0) is 15.3. The first-order valence-corrected chi connectivity index (χ1v) is 9.00. The summed E-state index contributed by atoms with van der Waals surface area (Å²) < 4.78 is 5.24. The zero-order valence-electron chi connectivity index (χ0n) is 13.8. The van der Waals surface area contributed by atoms with E-state index in [0.29, 0.717) is 20.8 Å². The zero-order valence-corrected chi connectivity index (χ0v) is 14.8. The van der Waals surface area contributed by atoms with Crippen molar-refractivity contribution in [1.29, 1.82) is 0 Å². The minimum Gasteiger partial charge on any atom is -0.513 e. The Morgan fingerprint density at radius 2 is 1.75 bits per heavy atom. The van der Waals surface area contributed by atoms with Crippen LogP contribution in [-0.2, 0) is 9.22 Å². The van der Waals surface area contributed by atoms with Crippen molar-refractivity contribution in [2.45, 2.75) is 66.3 Å². The normalized spacial score (nSPS) is 19.4. The summed E-state index contributed by atoms with van der Waals surface area (Å²) in [6, 6.07) is 1.03. The number of carbonyl (C=O) groups is 1. The average Bonchev–Trinajstić information content (AvgIpc) is 2.38.